The zero-order valence-electron chi connectivity index (χ0n) is 20.6. The molecular weight excluding hydrogens is 332 g/mol. The van der Waals surface area contributed by atoms with Crippen molar-refractivity contribution in [3.63, 3.8) is 0 Å². The molecule has 4 atom stereocenters. The number of ketones is 1. The van der Waals surface area contributed by atoms with E-state index < -0.39 is 49.2 Å². The number of unbranched alkanes of at least 4 members (excludes halogenated alkanes) is 3. The highest BCUT2D eigenvalue weighted by Crippen LogP contribution is 2.34. The fourth-order valence-electron chi connectivity index (χ4n) is 3.39. The number of carbonyl (C=O) groups excluding carboxylic acids is 1. The Hall–Kier alpha value is -1.20. The number of aliphatic hydroxyl groups is 2. The number of hydrogen-bond donors (Lipinski definition) is 3. The molecule has 0 aliphatic heterocycles. The largest absolute Gasteiger partial charge is 0.481 e. The summed E-state index contributed by atoms with van der Waals surface area (Å²) in [4.78, 5) is 22.8. The molecule has 1 unspecified atom stereocenters. The molecule has 1 rings (SSSR count). The first-order chi connectivity index (χ1) is 14.3. The van der Waals surface area contributed by atoms with Gasteiger partial charge >= 0.3 is 5.97 Å². The van der Waals surface area contributed by atoms with Gasteiger partial charge in [0.1, 0.15) is 5.78 Å². The quantitative estimate of drug-likeness (QED) is 0.336. The fraction of sp³-hybridized carbons (Fsp3) is 0.810. The van der Waals surface area contributed by atoms with Gasteiger partial charge in [0.25, 0.3) is 0 Å². The summed E-state index contributed by atoms with van der Waals surface area (Å²) < 4.78 is 39.2. The minimum absolute atomic E-state index is 0.0128. The molecule has 0 aromatic heterocycles. The van der Waals surface area contributed by atoms with E-state index in [1.807, 2.05) is 0 Å². The van der Waals surface area contributed by atoms with Crippen molar-refractivity contribution in [2.75, 3.05) is 0 Å². The lowest BCUT2D eigenvalue weighted by molar-refractivity contribution is -0.137. The summed E-state index contributed by atoms with van der Waals surface area (Å²) >= 11 is 0. The lowest BCUT2D eigenvalue weighted by Gasteiger charge is -2.22. The summed E-state index contributed by atoms with van der Waals surface area (Å²) in [5, 5.41) is 29.7. The molecule has 26 heavy (non-hydrogen) atoms. The minimum Gasteiger partial charge on any atom is -0.481 e. The van der Waals surface area contributed by atoms with E-state index in [9.17, 15) is 19.8 Å². The first kappa shape index (κ1) is 15.8. The van der Waals surface area contributed by atoms with Crippen molar-refractivity contribution in [3.8, 4) is 0 Å². The van der Waals surface area contributed by atoms with Crippen LogP contribution in [0.4, 0.5) is 0 Å². The van der Waals surface area contributed by atoms with Gasteiger partial charge in [-0.15, -0.1) is 0 Å². The van der Waals surface area contributed by atoms with Crippen molar-refractivity contribution in [1.82, 2.24) is 0 Å². The van der Waals surface area contributed by atoms with Crippen LogP contribution in [0.25, 0.3) is 0 Å². The van der Waals surface area contributed by atoms with Crippen LogP contribution >= 0.6 is 0 Å². The van der Waals surface area contributed by atoms with Crippen molar-refractivity contribution >= 4 is 11.8 Å². The Morgan fingerprint density at radius 2 is 2.08 bits per heavy atom. The zero-order valence-corrected chi connectivity index (χ0v) is 15.6. The van der Waals surface area contributed by atoms with E-state index in [1.54, 1.807) is 13.0 Å². The van der Waals surface area contributed by atoms with E-state index in [4.69, 9.17) is 12.0 Å². The summed E-state index contributed by atoms with van der Waals surface area (Å²) in [6.07, 6.45) is 3.01. The molecule has 1 aliphatic carbocycles. The van der Waals surface area contributed by atoms with Gasteiger partial charge in [-0.25, -0.2) is 0 Å². The molecule has 0 saturated heterocycles. The van der Waals surface area contributed by atoms with Crippen molar-refractivity contribution in [3.05, 3.63) is 12.2 Å². The maximum absolute atomic E-state index is 12.3. The molecule has 0 spiro atoms. The third kappa shape index (κ3) is 8.45. The fourth-order valence-corrected chi connectivity index (χ4v) is 3.39. The van der Waals surface area contributed by atoms with Gasteiger partial charge in [0, 0.05) is 31.5 Å². The number of hydrogen-bond acceptors (Lipinski definition) is 4. The van der Waals surface area contributed by atoms with Gasteiger partial charge in [-0.05, 0) is 32.5 Å². The molecule has 0 bridgehead atoms. The highest BCUT2D eigenvalue weighted by atomic mass is 16.4. The van der Waals surface area contributed by atoms with E-state index >= 15 is 0 Å². The Morgan fingerprint density at radius 3 is 2.73 bits per heavy atom. The Labute approximate surface area is 164 Å². The van der Waals surface area contributed by atoms with E-state index in [0.717, 1.165) is 12.8 Å². The van der Waals surface area contributed by atoms with Crippen molar-refractivity contribution in [2.45, 2.75) is 96.1 Å². The average molecular weight is 374 g/mol. The van der Waals surface area contributed by atoms with Crippen LogP contribution in [0.3, 0.4) is 0 Å². The third-order valence-corrected chi connectivity index (χ3v) is 4.83. The molecule has 0 amide bonds. The number of rotatable bonds is 13. The van der Waals surface area contributed by atoms with Gasteiger partial charge in [-0.2, -0.15) is 0 Å². The van der Waals surface area contributed by atoms with Gasteiger partial charge in [0.15, 0.2) is 0 Å². The van der Waals surface area contributed by atoms with Crippen molar-refractivity contribution in [2.24, 2.45) is 11.8 Å². The van der Waals surface area contributed by atoms with Crippen molar-refractivity contribution in [1.29, 1.82) is 0 Å². The Balaban J connectivity index is 2.79. The molecular formula is C21H36O5. The van der Waals surface area contributed by atoms with Crippen LogP contribution in [0.2, 0.25) is 0 Å². The topological polar surface area (TPSA) is 94.8 Å². The molecule has 1 aliphatic rings. The maximum atomic E-state index is 12.3. The maximum Gasteiger partial charge on any atom is 0.303 e. The molecule has 0 aromatic carbocycles. The number of carboxylic acids is 1. The molecule has 150 valence electrons. The minimum atomic E-state index is -2.94. The summed E-state index contributed by atoms with van der Waals surface area (Å²) in [7, 11) is 0. The first-order valence-corrected chi connectivity index (χ1v) is 9.58. The van der Waals surface area contributed by atoms with Gasteiger partial charge in [0.2, 0.25) is 0 Å². The van der Waals surface area contributed by atoms with Gasteiger partial charge < -0.3 is 15.3 Å². The normalized spacial score (nSPS) is 29.6. The van der Waals surface area contributed by atoms with Gasteiger partial charge in [-0.1, -0.05) is 51.2 Å². The molecule has 1 fully saturated rings. The second-order valence-electron chi connectivity index (χ2n) is 7.19. The smallest absolute Gasteiger partial charge is 0.303 e. The van der Waals surface area contributed by atoms with Gasteiger partial charge in [0.05, 0.1) is 11.7 Å². The Bertz CT molecular complexity index is 634. The lowest BCUT2D eigenvalue weighted by atomic mass is 9.87. The number of Topliss-reactive ketones (excluding diaryl/α,β-unsaturated/α-hetero) is 1. The Morgan fingerprint density at radius 1 is 1.35 bits per heavy atom. The van der Waals surface area contributed by atoms with E-state index in [1.165, 1.54) is 6.08 Å². The third-order valence-electron chi connectivity index (χ3n) is 4.83. The number of aliphatic hydroxyl groups excluding tert-OH is 1. The van der Waals surface area contributed by atoms with Crippen molar-refractivity contribution < 1.29 is 31.8 Å². The molecule has 0 aromatic rings. The number of carbonyl (C=O) groups is 2. The predicted octanol–water partition coefficient (Wildman–Crippen LogP) is 3.87. The number of carboxylic acid groups (broad SMARTS) is 1. The summed E-state index contributed by atoms with van der Waals surface area (Å²) in [6.45, 7) is -1.23. The van der Waals surface area contributed by atoms with Crippen LogP contribution in [0, 0.1) is 11.8 Å². The van der Waals surface area contributed by atoms with E-state index in [-0.39, 0.29) is 25.0 Å². The van der Waals surface area contributed by atoms with E-state index in [0.29, 0.717) is 25.7 Å². The lowest BCUT2D eigenvalue weighted by Crippen LogP contribution is -2.23. The van der Waals surface area contributed by atoms with Crippen LogP contribution in [0.5, 0.6) is 0 Å². The second-order valence-corrected chi connectivity index (χ2v) is 7.19. The molecule has 3 N–H and O–H groups in total. The monoisotopic (exact) mass is 373 g/mol. The number of aliphatic carboxylic acids is 1. The molecule has 5 nitrogen and oxygen atoms in total. The first-order valence-electron chi connectivity index (χ1n) is 12.1. The van der Waals surface area contributed by atoms with Crippen LogP contribution in [0.15, 0.2) is 12.2 Å². The van der Waals surface area contributed by atoms with Crippen LogP contribution in [-0.4, -0.2) is 38.8 Å². The van der Waals surface area contributed by atoms with Crippen LogP contribution < -0.4 is 0 Å². The predicted molar refractivity (Wildman–Crippen MR) is 102 cm³/mol. The summed E-state index contributed by atoms with van der Waals surface area (Å²) in [5.74, 6) is -1.83. The molecule has 5 heteroatoms. The highest BCUT2D eigenvalue weighted by molar-refractivity contribution is 5.84. The standard InChI is InChI=1S/C21H36O5/c1-3-4-13-21(2,26)14-9-11-17-16(18(22)15-19(17)23)10-7-5-6-8-12-20(24)25/h9,11,16-17,19,23,26H,3-8,10,12-15H2,1-2H3,(H,24,25)/t16-,17-,19-,21?/m1/s1/i2D3,13D2. The van der Waals surface area contributed by atoms with E-state index in [2.05, 4.69) is 0 Å². The molecule has 0 radical (unpaired) electrons. The highest BCUT2D eigenvalue weighted by Gasteiger charge is 2.39. The zero-order chi connectivity index (χ0) is 23.9. The van der Waals surface area contributed by atoms with Crippen LogP contribution in [-0.2, 0) is 9.59 Å². The van der Waals surface area contributed by atoms with Crippen LogP contribution in [0.1, 0.15) is 91.2 Å². The van der Waals surface area contributed by atoms with Gasteiger partial charge in [-0.3, -0.25) is 9.59 Å². The molecule has 1 saturated carbocycles. The summed E-state index contributed by atoms with van der Waals surface area (Å²) in [5.41, 5.74) is -2.57. The SMILES string of the molecule is [2H]C([2H])([2H])C(O)(CC=C[C@H]1[C@H](O)CC(=O)[C@@H]1CCCCCCC(=O)O)C([2H])([2H])CCC. The summed E-state index contributed by atoms with van der Waals surface area (Å²) in [6, 6.07) is 0. The molecule has 0 heterocycles. The average Bonchev–Trinajstić information content (AvgIpc) is 2.89. The second kappa shape index (κ2) is 11.5. The Kier molecular flexibility index (Phi) is 7.00.